The van der Waals surface area contributed by atoms with E-state index in [1.807, 2.05) is 52.0 Å². The lowest BCUT2D eigenvalue weighted by Gasteiger charge is -2.20. The van der Waals surface area contributed by atoms with Crippen LogP contribution in [0.3, 0.4) is 0 Å². The molecule has 2 rings (SSSR count). The lowest BCUT2D eigenvalue weighted by molar-refractivity contribution is 0.00695. The van der Waals surface area contributed by atoms with Crippen molar-refractivity contribution in [2.45, 2.75) is 52.4 Å². The molecule has 1 heterocycles. The highest BCUT2D eigenvalue weighted by Crippen LogP contribution is 2.22. The van der Waals surface area contributed by atoms with Crippen LogP contribution in [0.5, 0.6) is 0 Å². The minimum absolute atomic E-state index is 0.237. The third-order valence-corrected chi connectivity index (χ3v) is 3.99. The number of esters is 1. The zero-order valence-electron chi connectivity index (χ0n) is 14.0. The van der Waals surface area contributed by atoms with Gasteiger partial charge in [0.25, 0.3) is 0 Å². The van der Waals surface area contributed by atoms with Crippen molar-refractivity contribution in [1.29, 1.82) is 0 Å². The van der Waals surface area contributed by atoms with Crippen molar-refractivity contribution in [3.8, 4) is 0 Å². The molecule has 1 fully saturated rings. The Balaban J connectivity index is 1.91. The van der Waals surface area contributed by atoms with Gasteiger partial charge < -0.3 is 9.84 Å². The summed E-state index contributed by atoms with van der Waals surface area (Å²) in [6, 6.07) is 7.61. The van der Waals surface area contributed by atoms with Crippen LogP contribution in [0.2, 0.25) is 0 Å². The average molecular weight is 305 g/mol. The van der Waals surface area contributed by atoms with Crippen LogP contribution in [0.4, 0.5) is 0 Å². The Hall–Kier alpha value is -1.39. The van der Waals surface area contributed by atoms with E-state index in [-0.39, 0.29) is 12.1 Å². The predicted molar refractivity (Wildman–Crippen MR) is 86.7 cm³/mol. The van der Waals surface area contributed by atoms with E-state index in [0.717, 1.165) is 26.1 Å². The van der Waals surface area contributed by atoms with E-state index in [4.69, 9.17) is 4.74 Å². The largest absolute Gasteiger partial charge is 0.456 e. The van der Waals surface area contributed by atoms with Crippen LogP contribution in [-0.2, 0) is 11.3 Å². The first kappa shape index (κ1) is 17.0. The van der Waals surface area contributed by atoms with Gasteiger partial charge in [0.1, 0.15) is 5.60 Å². The molecule has 122 valence electrons. The highest BCUT2D eigenvalue weighted by Gasteiger charge is 2.25. The van der Waals surface area contributed by atoms with Gasteiger partial charge in [0, 0.05) is 13.1 Å². The molecule has 1 N–H and O–H groups in total. The van der Waals surface area contributed by atoms with Crippen molar-refractivity contribution < 1.29 is 14.6 Å². The number of aliphatic hydroxyl groups excluding tert-OH is 1. The van der Waals surface area contributed by atoms with Gasteiger partial charge in [0.2, 0.25) is 0 Å². The molecular weight excluding hydrogens is 278 g/mol. The lowest BCUT2D eigenvalue weighted by atomic mass is 10.0. The minimum Gasteiger partial charge on any atom is -0.456 e. The number of nitrogens with zero attached hydrogens (tertiary/aromatic N) is 1. The molecule has 22 heavy (non-hydrogen) atoms. The van der Waals surface area contributed by atoms with Crippen molar-refractivity contribution >= 4 is 5.97 Å². The Morgan fingerprint density at radius 2 is 2.00 bits per heavy atom. The Labute approximate surface area is 133 Å². The monoisotopic (exact) mass is 305 g/mol. The number of hydrogen-bond donors (Lipinski definition) is 1. The van der Waals surface area contributed by atoms with Crippen LogP contribution >= 0.6 is 0 Å². The fraction of sp³-hybridized carbons (Fsp3) is 0.611. The highest BCUT2D eigenvalue weighted by atomic mass is 16.6. The third-order valence-electron chi connectivity index (χ3n) is 3.99. The average Bonchev–Trinajstić information content (AvgIpc) is 2.86. The fourth-order valence-corrected chi connectivity index (χ4v) is 2.74. The zero-order chi connectivity index (χ0) is 16.3. The number of aliphatic hydroxyl groups is 1. The summed E-state index contributed by atoms with van der Waals surface area (Å²) >= 11 is 0. The second kappa shape index (κ2) is 6.80. The molecule has 1 aromatic carbocycles. The third kappa shape index (κ3) is 4.82. The molecule has 1 aliphatic heterocycles. The van der Waals surface area contributed by atoms with Crippen LogP contribution in [0.15, 0.2) is 24.3 Å². The van der Waals surface area contributed by atoms with Gasteiger partial charge in [0.05, 0.1) is 11.7 Å². The van der Waals surface area contributed by atoms with E-state index >= 15 is 0 Å². The number of hydrogen-bond acceptors (Lipinski definition) is 4. The summed E-state index contributed by atoms with van der Waals surface area (Å²) in [6.07, 6.45) is 0.813. The maximum atomic E-state index is 12.0. The lowest BCUT2D eigenvalue weighted by Crippen LogP contribution is -2.24. The number of rotatable bonds is 4. The van der Waals surface area contributed by atoms with Crippen LogP contribution < -0.4 is 0 Å². The molecular formula is C18H27NO3. The van der Waals surface area contributed by atoms with E-state index in [0.29, 0.717) is 11.5 Å². The zero-order valence-corrected chi connectivity index (χ0v) is 14.0. The standard InChI is InChI=1S/C18H27NO3/c1-13(20)16-9-10-19(12-16)11-14-5-7-15(8-6-14)17(21)22-18(2,3)4/h5-8,13,16,20H,9-12H2,1-4H3. The molecule has 4 nitrogen and oxygen atoms in total. The number of carbonyl (C=O) groups is 1. The summed E-state index contributed by atoms with van der Waals surface area (Å²) in [5.41, 5.74) is 1.29. The first-order valence-electron chi connectivity index (χ1n) is 7.97. The molecule has 4 heteroatoms. The highest BCUT2D eigenvalue weighted by molar-refractivity contribution is 5.89. The summed E-state index contributed by atoms with van der Waals surface area (Å²) in [4.78, 5) is 14.3. The van der Waals surface area contributed by atoms with E-state index in [1.54, 1.807) is 0 Å². The maximum Gasteiger partial charge on any atom is 0.338 e. The van der Waals surface area contributed by atoms with Gasteiger partial charge in [0.15, 0.2) is 0 Å². The minimum atomic E-state index is -0.471. The molecule has 0 spiro atoms. The summed E-state index contributed by atoms with van der Waals surface area (Å²) in [6.45, 7) is 10.3. The van der Waals surface area contributed by atoms with E-state index < -0.39 is 5.60 Å². The topological polar surface area (TPSA) is 49.8 Å². The fourth-order valence-electron chi connectivity index (χ4n) is 2.74. The van der Waals surface area contributed by atoms with Crippen molar-refractivity contribution in [2.75, 3.05) is 13.1 Å². The number of likely N-dealkylation sites (tertiary alicyclic amines) is 1. The molecule has 1 saturated heterocycles. The molecule has 0 amide bonds. The quantitative estimate of drug-likeness (QED) is 0.869. The van der Waals surface area contributed by atoms with Crippen LogP contribution in [-0.4, -0.2) is 40.8 Å². The molecule has 0 radical (unpaired) electrons. The Bertz CT molecular complexity index is 502. The van der Waals surface area contributed by atoms with Crippen molar-refractivity contribution in [3.63, 3.8) is 0 Å². The maximum absolute atomic E-state index is 12.0. The molecule has 0 aromatic heterocycles. The van der Waals surface area contributed by atoms with Crippen molar-refractivity contribution in [1.82, 2.24) is 4.90 Å². The summed E-state index contributed by atoms with van der Waals surface area (Å²) in [5.74, 6) is 0.0930. The van der Waals surface area contributed by atoms with Crippen LogP contribution in [0.25, 0.3) is 0 Å². The SMILES string of the molecule is CC(O)C1CCN(Cc2ccc(C(=O)OC(C)(C)C)cc2)C1. The van der Waals surface area contributed by atoms with Crippen LogP contribution in [0, 0.1) is 5.92 Å². The predicted octanol–water partition coefficient (Wildman–Crippen LogP) is 2.84. The molecule has 2 unspecified atom stereocenters. The summed E-state index contributed by atoms with van der Waals surface area (Å²) < 4.78 is 5.36. The smallest absolute Gasteiger partial charge is 0.338 e. The molecule has 0 bridgehead atoms. The van der Waals surface area contributed by atoms with Gasteiger partial charge in [-0.05, 0) is 64.3 Å². The van der Waals surface area contributed by atoms with Gasteiger partial charge in [-0.1, -0.05) is 12.1 Å². The van der Waals surface area contributed by atoms with Gasteiger partial charge in [-0.15, -0.1) is 0 Å². The first-order valence-corrected chi connectivity index (χ1v) is 7.97. The van der Waals surface area contributed by atoms with Gasteiger partial charge in [-0.25, -0.2) is 4.79 Å². The van der Waals surface area contributed by atoms with Gasteiger partial charge in [-0.2, -0.15) is 0 Å². The summed E-state index contributed by atoms with van der Waals surface area (Å²) in [7, 11) is 0. The number of ether oxygens (including phenoxy) is 1. The second-order valence-corrected chi connectivity index (χ2v) is 7.22. The Morgan fingerprint density at radius 1 is 1.36 bits per heavy atom. The van der Waals surface area contributed by atoms with E-state index in [1.165, 1.54) is 5.56 Å². The van der Waals surface area contributed by atoms with E-state index in [9.17, 15) is 9.90 Å². The first-order chi connectivity index (χ1) is 10.2. The molecule has 1 aliphatic rings. The molecule has 0 saturated carbocycles. The number of carbonyl (C=O) groups excluding carboxylic acids is 1. The normalized spacial score (nSPS) is 20.9. The van der Waals surface area contributed by atoms with Gasteiger partial charge >= 0.3 is 5.97 Å². The molecule has 1 aromatic rings. The Morgan fingerprint density at radius 3 is 2.50 bits per heavy atom. The van der Waals surface area contributed by atoms with E-state index in [2.05, 4.69) is 4.90 Å². The van der Waals surface area contributed by atoms with Crippen molar-refractivity contribution in [2.24, 2.45) is 5.92 Å². The Kier molecular flexibility index (Phi) is 5.24. The van der Waals surface area contributed by atoms with Crippen molar-refractivity contribution in [3.05, 3.63) is 35.4 Å². The van der Waals surface area contributed by atoms with Crippen LogP contribution in [0.1, 0.15) is 50.0 Å². The summed E-state index contributed by atoms with van der Waals surface area (Å²) in [5, 5.41) is 9.65. The number of benzene rings is 1. The molecule has 2 atom stereocenters. The van der Waals surface area contributed by atoms with Gasteiger partial charge in [-0.3, -0.25) is 4.90 Å². The molecule has 0 aliphatic carbocycles. The second-order valence-electron chi connectivity index (χ2n) is 7.22.